The highest BCUT2D eigenvalue weighted by atomic mass is 35.5. The highest BCUT2D eigenvalue weighted by Gasteiger charge is 2.12. The number of hydrogen-bond acceptors (Lipinski definition) is 4. The number of aromatic nitrogens is 2. The average Bonchev–Trinajstić information content (AvgIpc) is 3.09. The van der Waals surface area contributed by atoms with E-state index in [9.17, 15) is 4.79 Å². The Morgan fingerprint density at radius 2 is 2.04 bits per heavy atom. The molecule has 0 fully saturated rings. The second kappa shape index (κ2) is 7.27. The maximum atomic E-state index is 12.1. The summed E-state index contributed by atoms with van der Waals surface area (Å²) < 4.78 is 5.28. The number of halogens is 1. The first-order chi connectivity index (χ1) is 11.7. The Labute approximate surface area is 144 Å². The molecule has 122 valence electrons. The third kappa shape index (κ3) is 3.63. The largest absolute Gasteiger partial charge is 0.359 e. The smallest absolute Gasteiger partial charge is 0.254 e. The molecule has 1 amide bonds. The van der Waals surface area contributed by atoms with Crippen LogP contribution in [0.5, 0.6) is 0 Å². The van der Waals surface area contributed by atoms with Crippen LogP contribution in [0.1, 0.15) is 28.6 Å². The molecule has 0 atom stereocenters. The average molecular weight is 342 g/mol. The van der Waals surface area contributed by atoms with Crippen LogP contribution in [0.2, 0.25) is 5.15 Å². The van der Waals surface area contributed by atoms with E-state index in [1.165, 1.54) is 11.8 Å². The van der Waals surface area contributed by atoms with Gasteiger partial charge in [0.05, 0.1) is 12.1 Å². The van der Waals surface area contributed by atoms with Crippen molar-refractivity contribution >= 4 is 17.5 Å². The minimum absolute atomic E-state index is 0.171. The molecule has 0 unspecified atom stereocenters. The van der Waals surface area contributed by atoms with Gasteiger partial charge in [-0.05, 0) is 24.1 Å². The van der Waals surface area contributed by atoms with Gasteiger partial charge in [-0.15, -0.1) is 0 Å². The zero-order chi connectivity index (χ0) is 16.9. The van der Waals surface area contributed by atoms with Crippen molar-refractivity contribution in [3.63, 3.8) is 0 Å². The van der Waals surface area contributed by atoms with Crippen LogP contribution in [0.4, 0.5) is 0 Å². The molecule has 0 radical (unpaired) electrons. The Bertz CT molecular complexity index is 843. The van der Waals surface area contributed by atoms with E-state index in [0.717, 1.165) is 17.7 Å². The van der Waals surface area contributed by atoms with Crippen molar-refractivity contribution in [2.75, 3.05) is 0 Å². The molecule has 0 saturated carbocycles. The van der Waals surface area contributed by atoms with Crippen molar-refractivity contribution in [2.45, 2.75) is 19.9 Å². The molecular weight excluding hydrogens is 326 g/mol. The molecule has 6 heteroatoms. The quantitative estimate of drug-likeness (QED) is 0.715. The van der Waals surface area contributed by atoms with Gasteiger partial charge in [0.15, 0.2) is 5.76 Å². The molecule has 0 aliphatic heterocycles. The summed E-state index contributed by atoms with van der Waals surface area (Å²) in [5, 5.41) is 6.96. The van der Waals surface area contributed by atoms with Gasteiger partial charge < -0.3 is 9.84 Å². The number of hydrogen-bond donors (Lipinski definition) is 1. The highest BCUT2D eigenvalue weighted by molar-refractivity contribution is 6.32. The number of pyridine rings is 1. The predicted molar refractivity (Wildman–Crippen MR) is 91.7 cm³/mol. The van der Waals surface area contributed by atoms with Gasteiger partial charge in [0.1, 0.15) is 10.8 Å². The molecule has 0 saturated heterocycles. The molecule has 0 spiro atoms. The number of amides is 1. The summed E-state index contributed by atoms with van der Waals surface area (Å²) in [6.45, 7) is 2.34. The van der Waals surface area contributed by atoms with Gasteiger partial charge >= 0.3 is 0 Å². The molecule has 0 bridgehead atoms. The number of carbonyl (C=O) groups is 1. The van der Waals surface area contributed by atoms with Gasteiger partial charge in [0.2, 0.25) is 0 Å². The highest BCUT2D eigenvalue weighted by Crippen LogP contribution is 2.20. The molecule has 0 aliphatic carbocycles. The van der Waals surface area contributed by atoms with E-state index in [-0.39, 0.29) is 17.6 Å². The van der Waals surface area contributed by atoms with Crippen LogP contribution >= 0.6 is 11.6 Å². The van der Waals surface area contributed by atoms with Gasteiger partial charge in [0.25, 0.3) is 5.91 Å². The summed E-state index contributed by atoms with van der Waals surface area (Å²) in [5.74, 6) is 0.260. The predicted octanol–water partition coefficient (Wildman–Crippen LogP) is 3.88. The van der Waals surface area contributed by atoms with Crippen molar-refractivity contribution in [3.05, 3.63) is 70.7 Å². The van der Waals surface area contributed by atoms with Crippen LogP contribution in [0.3, 0.4) is 0 Å². The first kappa shape index (κ1) is 16.2. The van der Waals surface area contributed by atoms with Gasteiger partial charge in [-0.3, -0.25) is 4.79 Å². The van der Waals surface area contributed by atoms with E-state index >= 15 is 0 Å². The Balaban J connectivity index is 1.66. The van der Waals surface area contributed by atoms with E-state index in [1.54, 1.807) is 12.1 Å². The summed E-state index contributed by atoms with van der Waals surface area (Å²) in [5.41, 5.74) is 3.31. The van der Waals surface area contributed by atoms with E-state index in [0.29, 0.717) is 11.3 Å². The maximum Gasteiger partial charge on any atom is 0.254 e. The monoisotopic (exact) mass is 341 g/mol. The summed E-state index contributed by atoms with van der Waals surface area (Å²) in [6, 6.07) is 13.2. The third-order valence-electron chi connectivity index (χ3n) is 3.64. The van der Waals surface area contributed by atoms with Gasteiger partial charge in [-0.2, -0.15) is 0 Å². The lowest BCUT2D eigenvalue weighted by atomic mass is 10.1. The first-order valence-corrected chi connectivity index (χ1v) is 7.99. The summed E-state index contributed by atoms with van der Waals surface area (Å²) in [7, 11) is 0. The van der Waals surface area contributed by atoms with Crippen molar-refractivity contribution in [1.29, 1.82) is 0 Å². The molecular formula is C18H16ClN3O2. The topological polar surface area (TPSA) is 68.0 Å². The summed E-state index contributed by atoms with van der Waals surface area (Å²) >= 11 is 5.90. The lowest BCUT2D eigenvalue weighted by Crippen LogP contribution is -2.23. The zero-order valence-electron chi connectivity index (χ0n) is 13.1. The Morgan fingerprint density at radius 3 is 2.75 bits per heavy atom. The van der Waals surface area contributed by atoms with Crippen molar-refractivity contribution in [3.8, 4) is 11.3 Å². The second-order valence-electron chi connectivity index (χ2n) is 5.25. The number of aryl methyl sites for hydroxylation is 1. The van der Waals surface area contributed by atoms with Crippen LogP contribution in [0.15, 0.2) is 53.2 Å². The van der Waals surface area contributed by atoms with Gasteiger partial charge in [0, 0.05) is 17.8 Å². The molecule has 2 heterocycles. The lowest BCUT2D eigenvalue weighted by molar-refractivity contribution is 0.0947. The van der Waals surface area contributed by atoms with Crippen LogP contribution < -0.4 is 5.32 Å². The molecule has 5 nitrogen and oxygen atoms in total. The molecule has 1 N–H and O–H groups in total. The third-order valence-corrected chi connectivity index (χ3v) is 3.94. The van der Waals surface area contributed by atoms with Gasteiger partial charge in [-0.25, -0.2) is 4.98 Å². The first-order valence-electron chi connectivity index (χ1n) is 7.61. The number of nitrogens with one attached hydrogen (secondary N) is 1. The molecule has 3 aromatic rings. The minimum Gasteiger partial charge on any atom is -0.359 e. The molecule has 24 heavy (non-hydrogen) atoms. The Hall–Kier alpha value is -2.66. The van der Waals surface area contributed by atoms with Crippen molar-refractivity contribution in [2.24, 2.45) is 0 Å². The fraction of sp³-hybridized carbons (Fsp3) is 0.167. The number of carbonyl (C=O) groups excluding carboxylic acids is 1. The van der Waals surface area contributed by atoms with Crippen LogP contribution in [0.25, 0.3) is 11.3 Å². The fourth-order valence-electron chi connectivity index (χ4n) is 2.26. The van der Waals surface area contributed by atoms with Crippen molar-refractivity contribution < 1.29 is 9.32 Å². The second-order valence-corrected chi connectivity index (χ2v) is 5.61. The number of nitrogens with zero attached hydrogens (tertiary/aromatic N) is 2. The molecule has 2 aromatic heterocycles. The van der Waals surface area contributed by atoms with Crippen molar-refractivity contribution in [1.82, 2.24) is 15.5 Å². The Kier molecular flexibility index (Phi) is 4.91. The van der Waals surface area contributed by atoms with E-state index in [2.05, 4.69) is 34.5 Å². The van der Waals surface area contributed by atoms with Gasteiger partial charge in [-0.1, -0.05) is 47.9 Å². The molecule has 0 aliphatic rings. The summed E-state index contributed by atoms with van der Waals surface area (Å²) in [4.78, 5) is 16.0. The lowest BCUT2D eigenvalue weighted by Gasteiger charge is -2.03. The fourth-order valence-corrected chi connectivity index (χ4v) is 2.47. The van der Waals surface area contributed by atoms with Crippen LogP contribution in [0, 0.1) is 0 Å². The number of benzene rings is 1. The van der Waals surface area contributed by atoms with E-state index < -0.39 is 0 Å². The minimum atomic E-state index is -0.307. The maximum absolute atomic E-state index is 12.1. The molecule has 3 rings (SSSR count). The van der Waals surface area contributed by atoms with E-state index in [1.807, 2.05) is 18.2 Å². The molecule has 1 aromatic carbocycles. The zero-order valence-corrected chi connectivity index (χ0v) is 13.9. The van der Waals surface area contributed by atoms with E-state index in [4.69, 9.17) is 16.1 Å². The van der Waals surface area contributed by atoms with Crippen LogP contribution in [-0.2, 0) is 13.0 Å². The summed E-state index contributed by atoms with van der Waals surface area (Å²) in [6.07, 6.45) is 2.53. The Morgan fingerprint density at radius 1 is 1.25 bits per heavy atom. The normalized spacial score (nSPS) is 10.6. The van der Waals surface area contributed by atoms with Crippen LogP contribution in [-0.4, -0.2) is 16.0 Å². The standard InChI is InChI=1S/C18H16ClN3O2/c1-2-12-5-7-13(8-6-12)16-10-14(24-22-16)11-21-18(23)15-4-3-9-20-17(15)19/h3-10H,2,11H2,1H3,(H,21,23). The number of rotatable bonds is 5. The SMILES string of the molecule is CCc1ccc(-c2cc(CNC(=O)c3cccnc3Cl)on2)cc1.